The zero-order chi connectivity index (χ0) is 12.5. The number of thiophene rings is 1. The third-order valence-electron chi connectivity index (χ3n) is 3.54. The molecule has 1 aliphatic heterocycles. The summed E-state index contributed by atoms with van der Waals surface area (Å²) in [6.45, 7) is 3.62. The minimum Gasteiger partial charge on any atom is -0.312 e. The molecule has 0 amide bonds. The minimum atomic E-state index is -0.0387. The van der Waals surface area contributed by atoms with Gasteiger partial charge >= 0.3 is 0 Å². The van der Waals surface area contributed by atoms with Gasteiger partial charge in [-0.2, -0.15) is 0 Å². The number of hydrogen-bond donors (Lipinski definition) is 1. The van der Waals surface area contributed by atoms with Crippen molar-refractivity contribution in [2.75, 3.05) is 6.54 Å². The summed E-state index contributed by atoms with van der Waals surface area (Å²) in [7, 11) is 0. The Labute approximate surface area is 111 Å². The van der Waals surface area contributed by atoms with Crippen molar-refractivity contribution in [2.24, 2.45) is 0 Å². The highest BCUT2D eigenvalue weighted by Crippen LogP contribution is 2.29. The van der Waals surface area contributed by atoms with E-state index in [9.17, 15) is 4.79 Å². The van der Waals surface area contributed by atoms with Crippen LogP contribution in [0.3, 0.4) is 0 Å². The number of benzene rings is 1. The van der Waals surface area contributed by atoms with E-state index in [1.165, 1.54) is 11.1 Å². The van der Waals surface area contributed by atoms with E-state index in [0.29, 0.717) is 0 Å². The van der Waals surface area contributed by atoms with E-state index in [0.717, 1.165) is 23.5 Å². The third kappa shape index (κ3) is 1.89. The average molecular weight is 257 g/mol. The van der Waals surface area contributed by atoms with Crippen LogP contribution in [0.2, 0.25) is 0 Å². The summed E-state index contributed by atoms with van der Waals surface area (Å²) in [6, 6.07) is 10.2. The van der Waals surface area contributed by atoms with Gasteiger partial charge in [0.15, 0.2) is 5.78 Å². The zero-order valence-corrected chi connectivity index (χ0v) is 11.1. The molecule has 0 aliphatic carbocycles. The summed E-state index contributed by atoms with van der Waals surface area (Å²) in [4.78, 5) is 13.7. The SMILES string of the molecule is Cc1sccc1C(=O)C1CNCc2ccccc21. The molecule has 2 heterocycles. The van der Waals surface area contributed by atoms with Crippen molar-refractivity contribution in [3.05, 3.63) is 57.3 Å². The molecule has 1 aliphatic rings. The monoisotopic (exact) mass is 257 g/mol. The summed E-state index contributed by atoms with van der Waals surface area (Å²) in [5, 5.41) is 5.33. The third-order valence-corrected chi connectivity index (χ3v) is 4.38. The number of nitrogens with one attached hydrogen (secondary N) is 1. The van der Waals surface area contributed by atoms with Gasteiger partial charge in [0.1, 0.15) is 0 Å². The molecule has 0 saturated carbocycles. The summed E-state index contributed by atoms with van der Waals surface area (Å²) in [6.07, 6.45) is 0. The van der Waals surface area contributed by atoms with Crippen LogP contribution in [0.5, 0.6) is 0 Å². The van der Waals surface area contributed by atoms with Crippen molar-refractivity contribution < 1.29 is 4.79 Å². The van der Waals surface area contributed by atoms with Gasteiger partial charge in [-0.1, -0.05) is 24.3 Å². The van der Waals surface area contributed by atoms with Crippen LogP contribution in [0, 0.1) is 6.92 Å². The Morgan fingerprint density at radius 2 is 2.17 bits per heavy atom. The average Bonchev–Trinajstić information content (AvgIpc) is 2.83. The van der Waals surface area contributed by atoms with Crippen LogP contribution < -0.4 is 5.32 Å². The Balaban J connectivity index is 2.00. The molecular weight excluding hydrogens is 242 g/mol. The molecule has 0 saturated heterocycles. The highest BCUT2D eigenvalue weighted by Gasteiger charge is 2.27. The fourth-order valence-corrected chi connectivity index (χ4v) is 3.26. The Morgan fingerprint density at radius 3 is 2.94 bits per heavy atom. The molecule has 1 aromatic carbocycles. The number of ketones is 1. The van der Waals surface area contributed by atoms with Gasteiger partial charge in [0.2, 0.25) is 0 Å². The second-order valence-corrected chi connectivity index (χ2v) is 5.76. The van der Waals surface area contributed by atoms with Gasteiger partial charge in [-0.3, -0.25) is 4.79 Å². The molecule has 0 bridgehead atoms. The van der Waals surface area contributed by atoms with Crippen molar-refractivity contribution in [3.8, 4) is 0 Å². The van der Waals surface area contributed by atoms with Crippen molar-refractivity contribution in [1.29, 1.82) is 0 Å². The van der Waals surface area contributed by atoms with Crippen LogP contribution >= 0.6 is 11.3 Å². The van der Waals surface area contributed by atoms with Crippen molar-refractivity contribution in [2.45, 2.75) is 19.4 Å². The van der Waals surface area contributed by atoms with Gasteiger partial charge in [-0.25, -0.2) is 0 Å². The topological polar surface area (TPSA) is 29.1 Å². The second kappa shape index (κ2) is 4.67. The van der Waals surface area contributed by atoms with E-state index in [-0.39, 0.29) is 11.7 Å². The van der Waals surface area contributed by atoms with Gasteiger partial charge in [0.05, 0.1) is 5.92 Å². The first-order valence-corrected chi connectivity index (χ1v) is 7.02. The van der Waals surface area contributed by atoms with E-state index in [1.807, 2.05) is 30.5 Å². The fraction of sp³-hybridized carbons (Fsp3) is 0.267. The summed E-state index contributed by atoms with van der Waals surface area (Å²) in [5.41, 5.74) is 3.31. The molecule has 1 atom stereocenters. The predicted octanol–water partition coefficient (Wildman–Crippen LogP) is 3.13. The summed E-state index contributed by atoms with van der Waals surface area (Å²) >= 11 is 1.64. The maximum absolute atomic E-state index is 12.6. The first-order chi connectivity index (χ1) is 8.77. The molecule has 2 nitrogen and oxygen atoms in total. The molecule has 2 aromatic rings. The molecule has 1 N–H and O–H groups in total. The van der Waals surface area contributed by atoms with Crippen molar-refractivity contribution >= 4 is 17.1 Å². The van der Waals surface area contributed by atoms with E-state index in [4.69, 9.17) is 0 Å². The molecule has 1 unspecified atom stereocenters. The van der Waals surface area contributed by atoms with Crippen LogP contribution in [0.4, 0.5) is 0 Å². The lowest BCUT2D eigenvalue weighted by Crippen LogP contribution is -2.32. The second-order valence-electron chi connectivity index (χ2n) is 4.64. The number of carbonyl (C=O) groups excluding carboxylic acids is 1. The first-order valence-electron chi connectivity index (χ1n) is 6.14. The summed E-state index contributed by atoms with van der Waals surface area (Å²) < 4.78 is 0. The van der Waals surface area contributed by atoms with Crippen molar-refractivity contribution in [3.63, 3.8) is 0 Å². The predicted molar refractivity (Wildman–Crippen MR) is 74.3 cm³/mol. The molecule has 3 rings (SSSR count). The Kier molecular flexibility index (Phi) is 3.02. The maximum atomic E-state index is 12.6. The minimum absolute atomic E-state index is 0.0387. The smallest absolute Gasteiger partial charge is 0.172 e. The lowest BCUT2D eigenvalue weighted by molar-refractivity contribution is 0.0955. The highest BCUT2D eigenvalue weighted by atomic mass is 32.1. The van der Waals surface area contributed by atoms with Gasteiger partial charge in [-0.15, -0.1) is 11.3 Å². The Bertz CT molecular complexity index is 588. The van der Waals surface area contributed by atoms with E-state index >= 15 is 0 Å². The van der Waals surface area contributed by atoms with Crippen LogP contribution in [-0.2, 0) is 6.54 Å². The highest BCUT2D eigenvalue weighted by molar-refractivity contribution is 7.10. The fourth-order valence-electron chi connectivity index (χ4n) is 2.56. The van der Waals surface area contributed by atoms with Crippen LogP contribution in [0.15, 0.2) is 35.7 Å². The van der Waals surface area contributed by atoms with E-state index < -0.39 is 0 Å². The van der Waals surface area contributed by atoms with Gasteiger partial charge in [0.25, 0.3) is 0 Å². The lowest BCUT2D eigenvalue weighted by atomic mass is 9.85. The molecule has 0 radical (unpaired) electrons. The summed E-state index contributed by atoms with van der Waals surface area (Å²) in [5.74, 6) is 0.205. The molecule has 0 spiro atoms. The number of fused-ring (bicyclic) bond motifs is 1. The quantitative estimate of drug-likeness (QED) is 0.837. The van der Waals surface area contributed by atoms with Crippen LogP contribution in [-0.4, -0.2) is 12.3 Å². The van der Waals surface area contributed by atoms with E-state index in [2.05, 4.69) is 17.4 Å². The number of carbonyl (C=O) groups is 1. The molecule has 92 valence electrons. The Hall–Kier alpha value is -1.45. The lowest BCUT2D eigenvalue weighted by Gasteiger charge is -2.25. The number of hydrogen-bond acceptors (Lipinski definition) is 3. The molecule has 3 heteroatoms. The number of rotatable bonds is 2. The molecule has 0 fully saturated rings. The number of aryl methyl sites for hydroxylation is 1. The zero-order valence-electron chi connectivity index (χ0n) is 10.3. The number of Topliss-reactive ketones (excluding diaryl/α,β-unsaturated/α-hetero) is 1. The van der Waals surface area contributed by atoms with Crippen LogP contribution in [0.25, 0.3) is 0 Å². The largest absolute Gasteiger partial charge is 0.312 e. The van der Waals surface area contributed by atoms with Gasteiger partial charge in [0, 0.05) is 23.5 Å². The molecular formula is C15H15NOS. The Morgan fingerprint density at radius 1 is 1.33 bits per heavy atom. The van der Waals surface area contributed by atoms with Crippen molar-refractivity contribution in [1.82, 2.24) is 5.32 Å². The van der Waals surface area contributed by atoms with Gasteiger partial charge < -0.3 is 5.32 Å². The normalized spacial score (nSPS) is 18.4. The van der Waals surface area contributed by atoms with Gasteiger partial charge in [-0.05, 0) is 29.5 Å². The molecule has 1 aromatic heterocycles. The first kappa shape index (κ1) is 11.6. The van der Waals surface area contributed by atoms with Crippen LogP contribution in [0.1, 0.15) is 32.3 Å². The molecule has 18 heavy (non-hydrogen) atoms. The standard InChI is InChI=1S/C15H15NOS/c1-10-12(6-7-18-10)15(17)14-9-16-8-11-4-2-3-5-13(11)14/h2-7,14,16H,8-9H2,1H3. The van der Waals surface area contributed by atoms with E-state index in [1.54, 1.807) is 11.3 Å². The maximum Gasteiger partial charge on any atom is 0.172 e.